The highest BCUT2D eigenvalue weighted by Gasteiger charge is 2.07. The first-order chi connectivity index (χ1) is 12.1. The first-order valence-corrected chi connectivity index (χ1v) is 8.57. The number of rotatable bonds is 4. The van der Waals surface area contributed by atoms with Crippen molar-refractivity contribution in [3.05, 3.63) is 87.5 Å². The number of anilines is 1. The number of ether oxygens (including phenoxy) is 1. The van der Waals surface area contributed by atoms with E-state index < -0.39 is 0 Å². The molecule has 0 radical (unpaired) electrons. The number of nitriles is 1. The molecule has 3 aromatic rings. The predicted molar refractivity (Wildman–Crippen MR) is 105 cm³/mol. The third-order valence-corrected chi connectivity index (χ3v) is 4.16. The highest BCUT2D eigenvalue weighted by molar-refractivity contribution is 14.1. The van der Waals surface area contributed by atoms with Crippen LogP contribution in [0.15, 0.2) is 72.8 Å². The van der Waals surface area contributed by atoms with Gasteiger partial charge < -0.3 is 10.1 Å². The number of carbonyl (C=O) groups excluding carboxylic acids is 1. The second kappa shape index (κ2) is 7.81. The van der Waals surface area contributed by atoms with Gasteiger partial charge in [0.1, 0.15) is 11.5 Å². The molecule has 0 atom stereocenters. The summed E-state index contributed by atoms with van der Waals surface area (Å²) in [5.41, 5.74) is 1.88. The van der Waals surface area contributed by atoms with Gasteiger partial charge in [-0.05, 0) is 95.4 Å². The number of nitrogens with zero attached hydrogens (tertiary/aromatic N) is 1. The molecule has 5 heteroatoms. The fourth-order valence-corrected chi connectivity index (χ4v) is 2.50. The van der Waals surface area contributed by atoms with Crippen LogP contribution in [0.4, 0.5) is 5.69 Å². The minimum absolute atomic E-state index is 0.175. The number of hydrogen-bond acceptors (Lipinski definition) is 3. The molecule has 0 unspecified atom stereocenters. The summed E-state index contributed by atoms with van der Waals surface area (Å²) in [6, 6.07) is 23.4. The zero-order valence-electron chi connectivity index (χ0n) is 13.1. The van der Waals surface area contributed by atoms with Crippen molar-refractivity contribution < 1.29 is 9.53 Å². The predicted octanol–water partition coefficient (Wildman–Crippen LogP) is 5.21. The molecule has 4 nitrogen and oxygen atoms in total. The standard InChI is InChI=1S/C20H13IN2O2/c21-16-5-7-17(8-6-16)23-20(24)15-3-11-19(12-4-15)25-18-9-1-14(13-22)2-10-18/h1-12H,(H,23,24). The monoisotopic (exact) mass is 440 g/mol. The van der Waals surface area contributed by atoms with Gasteiger partial charge in [-0.1, -0.05) is 0 Å². The van der Waals surface area contributed by atoms with Crippen LogP contribution in [0.2, 0.25) is 0 Å². The summed E-state index contributed by atoms with van der Waals surface area (Å²) in [7, 11) is 0. The molecule has 0 saturated heterocycles. The molecule has 0 heterocycles. The Hall–Kier alpha value is -2.85. The van der Waals surface area contributed by atoms with Crippen LogP contribution in [0.1, 0.15) is 15.9 Å². The minimum atomic E-state index is -0.175. The fraction of sp³-hybridized carbons (Fsp3) is 0. The van der Waals surface area contributed by atoms with Crippen molar-refractivity contribution in [3.63, 3.8) is 0 Å². The van der Waals surface area contributed by atoms with Gasteiger partial charge in [-0.3, -0.25) is 4.79 Å². The van der Waals surface area contributed by atoms with Crippen LogP contribution in [0.5, 0.6) is 11.5 Å². The molecular formula is C20H13IN2O2. The Kier molecular flexibility index (Phi) is 5.31. The Morgan fingerprint density at radius 3 is 2.00 bits per heavy atom. The second-order valence-electron chi connectivity index (χ2n) is 5.22. The molecule has 3 aromatic carbocycles. The molecule has 0 saturated carbocycles. The largest absolute Gasteiger partial charge is 0.457 e. The van der Waals surface area contributed by atoms with E-state index in [2.05, 4.69) is 34.0 Å². The zero-order chi connectivity index (χ0) is 17.6. The average molecular weight is 440 g/mol. The van der Waals surface area contributed by atoms with E-state index in [1.54, 1.807) is 48.5 Å². The van der Waals surface area contributed by atoms with Crippen molar-refractivity contribution in [2.24, 2.45) is 0 Å². The second-order valence-corrected chi connectivity index (χ2v) is 6.47. The molecule has 25 heavy (non-hydrogen) atoms. The molecule has 0 aromatic heterocycles. The number of benzene rings is 3. The number of hydrogen-bond donors (Lipinski definition) is 1. The Balaban J connectivity index is 1.65. The van der Waals surface area contributed by atoms with Crippen molar-refractivity contribution in [1.82, 2.24) is 0 Å². The Labute approximate surface area is 159 Å². The molecule has 0 fully saturated rings. The van der Waals surface area contributed by atoms with E-state index in [1.165, 1.54) is 0 Å². The molecule has 1 amide bonds. The third-order valence-electron chi connectivity index (χ3n) is 3.44. The van der Waals surface area contributed by atoms with Crippen LogP contribution in [0, 0.1) is 14.9 Å². The van der Waals surface area contributed by atoms with Gasteiger partial charge in [-0.2, -0.15) is 5.26 Å². The van der Waals surface area contributed by atoms with E-state index in [4.69, 9.17) is 10.00 Å². The number of halogens is 1. The molecule has 122 valence electrons. The van der Waals surface area contributed by atoms with Crippen molar-refractivity contribution >= 4 is 34.2 Å². The van der Waals surface area contributed by atoms with E-state index >= 15 is 0 Å². The van der Waals surface area contributed by atoms with Gasteiger partial charge >= 0.3 is 0 Å². The topological polar surface area (TPSA) is 62.1 Å². The Bertz CT molecular complexity index is 912. The van der Waals surface area contributed by atoms with Crippen LogP contribution in [-0.4, -0.2) is 5.91 Å². The summed E-state index contributed by atoms with van der Waals surface area (Å²) in [4.78, 5) is 12.3. The van der Waals surface area contributed by atoms with Crippen molar-refractivity contribution in [3.8, 4) is 17.6 Å². The molecule has 1 N–H and O–H groups in total. The van der Waals surface area contributed by atoms with E-state index in [9.17, 15) is 4.79 Å². The van der Waals surface area contributed by atoms with Crippen LogP contribution in [0.25, 0.3) is 0 Å². The zero-order valence-corrected chi connectivity index (χ0v) is 15.2. The van der Waals surface area contributed by atoms with Crippen molar-refractivity contribution in [1.29, 1.82) is 5.26 Å². The van der Waals surface area contributed by atoms with Gasteiger partial charge in [0.2, 0.25) is 0 Å². The molecule has 0 bridgehead atoms. The highest BCUT2D eigenvalue weighted by Crippen LogP contribution is 2.22. The molecule has 0 aliphatic carbocycles. The van der Waals surface area contributed by atoms with Gasteiger partial charge in [0.05, 0.1) is 11.6 Å². The summed E-state index contributed by atoms with van der Waals surface area (Å²) < 4.78 is 6.81. The van der Waals surface area contributed by atoms with E-state index in [-0.39, 0.29) is 5.91 Å². The van der Waals surface area contributed by atoms with Crippen molar-refractivity contribution in [2.45, 2.75) is 0 Å². The van der Waals surface area contributed by atoms with Crippen LogP contribution in [0.3, 0.4) is 0 Å². The van der Waals surface area contributed by atoms with E-state index in [0.29, 0.717) is 22.6 Å². The van der Waals surface area contributed by atoms with Crippen molar-refractivity contribution in [2.75, 3.05) is 5.32 Å². The third kappa shape index (κ3) is 4.58. The minimum Gasteiger partial charge on any atom is -0.457 e. The summed E-state index contributed by atoms with van der Waals surface area (Å²) >= 11 is 2.22. The maximum atomic E-state index is 12.3. The number of nitrogens with one attached hydrogen (secondary N) is 1. The Morgan fingerprint density at radius 2 is 1.44 bits per heavy atom. The summed E-state index contributed by atoms with van der Waals surface area (Å²) in [6.45, 7) is 0. The van der Waals surface area contributed by atoms with E-state index in [1.807, 2.05) is 24.3 Å². The molecule has 3 rings (SSSR count). The van der Waals surface area contributed by atoms with Crippen LogP contribution < -0.4 is 10.1 Å². The van der Waals surface area contributed by atoms with Gasteiger partial charge in [-0.25, -0.2) is 0 Å². The smallest absolute Gasteiger partial charge is 0.255 e. The molecule has 0 aliphatic rings. The Morgan fingerprint density at radius 1 is 0.880 bits per heavy atom. The van der Waals surface area contributed by atoms with Gasteiger partial charge in [0.15, 0.2) is 0 Å². The first kappa shape index (κ1) is 17.0. The fourth-order valence-electron chi connectivity index (χ4n) is 2.14. The lowest BCUT2D eigenvalue weighted by Gasteiger charge is -2.08. The number of amides is 1. The summed E-state index contributed by atoms with van der Waals surface area (Å²) in [5.74, 6) is 1.08. The molecule has 0 spiro atoms. The quantitative estimate of drug-likeness (QED) is 0.567. The first-order valence-electron chi connectivity index (χ1n) is 7.49. The lowest BCUT2D eigenvalue weighted by molar-refractivity contribution is 0.102. The van der Waals surface area contributed by atoms with Gasteiger partial charge in [0, 0.05) is 14.8 Å². The normalized spacial score (nSPS) is 9.92. The summed E-state index contributed by atoms with van der Waals surface area (Å²) in [6.07, 6.45) is 0. The van der Waals surface area contributed by atoms with Crippen LogP contribution in [-0.2, 0) is 0 Å². The highest BCUT2D eigenvalue weighted by atomic mass is 127. The SMILES string of the molecule is N#Cc1ccc(Oc2ccc(C(=O)Nc3ccc(I)cc3)cc2)cc1. The maximum absolute atomic E-state index is 12.3. The average Bonchev–Trinajstić information content (AvgIpc) is 2.65. The van der Waals surface area contributed by atoms with Crippen LogP contribution >= 0.6 is 22.6 Å². The molecular weight excluding hydrogens is 427 g/mol. The summed E-state index contributed by atoms with van der Waals surface area (Å²) in [5, 5.41) is 11.6. The number of carbonyl (C=O) groups is 1. The van der Waals surface area contributed by atoms with Gasteiger partial charge in [0.25, 0.3) is 5.91 Å². The van der Waals surface area contributed by atoms with E-state index in [0.717, 1.165) is 9.26 Å². The lowest BCUT2D eigenvalue weighted by Crippen LogP contribution is -2.11. The molecule has 0 aliphatic heterocycles. The maximum Gasteiger partial charge on any atom is 0.255 e. The lowest BCUT2D eigenvalue weighted by atomic mass is 10.2. The van der Waals surface area contributed by atoms with Gasteiger partial charge in [-0.15, -0.1) is 0 Å².